The molecule has 1 aromatic carbocycles. The lowest BCUT2D eigenvalue weighted by Gasteiger charge is -2.43. The van der Waals surface area contributed by atoms with Crippen LogP contribution in [0.1, 0.15) is 84.0 Å². The summed E-state index contributed by atoms with van der Waals surface area (Å²) in [5.74, 6) is -2.50. The number of carbonyl (C=O) groups excluding carboxylic acids is 3. The van der Waals surface area contributed by atoms with Gasteiger partial charge < -0.3 is 15.0 Å². The molecule has 6 nitrogen and oxygen atoms in total. The number of nitrogens with one attached hydrogen (secondary N) is 1. The van der Waals surface area contributed by atoms with Crippen molar-refractivity contribution in [1.29, 1.82) is 0 Å². The summed E-state index contributed by atoms with van der Waals surface area (Å²) in [7, 11) is 0. The first-order valence-electron chi connectivity index (χ1n) is 13.4. The predicted octanol–water partition coefficient (Wildman–Crippen LogP) is 5.81. The lowest BCUT2D eigenvalue weighted by Crippen LogP contribution is -2.67. The molecular formula is C29H37F3N2O4. The van der Waals surface area contributed by atoms with Gasteiger partial charge in [0.1, 0.15) is 5.75 Å². The number of rotatable bonds is 5. The molecule has 1 aromatic rings. The maximum atomic E-state index is 15.1. The quantitative estimate of drug-likeness (QED) is 0.517. The Labute approximate surface area is 222 Å². The third kappa shape index (κ3) is 4.73. The van der Waals surface area contributed by atoms with E-state index in [1.165, 1.54) is 29.2 Å². The molecule has 4 atom stereocenters. The number of amides is 2. The molecule has 0 aromatic heterocycles. The van der Waals surface area contributed by atoms with Gasteiger partial charge in [-0.15, -0.1) is 0 Å². The van der Waals surface area contributed by atoms with Crippen LogP contribution in [0.15, 0.2) is 35.5 Å². The monoisotopic (exact) mass is 534 g/mol. The lowest BCUT2D eigenvalue weighted by molar-refractivity contribution is -0.192. The van der Waals surface area contributed by atoms with Gasteiger partial charge in [0.2, 0.25) is 5.54 Å². The van der Waals surface area contributed by atoms with E-state index in [9.17, 15) is 14.4 Å². The summed E-state index contributed by atoms with van der Waals surface area (Å²) in [6, 6.07) is 5.19. The number of ketones is 1. The van der Waals surface area contributed by atoms with Crippen LogP contribution in [0.25, 0.3) is 0 Å². The summed E-state index contributed by atoms with van der Waals surface area (Å²) in [6.45, 7) is 11.3. The number of carbonyl (C=O) groups is 3. The molecule has 2 aliphatic carbocycles. The number of halogens is 3. The summed E-state index contributed by atoms with van der Waals surface area (Å²) in [5.41, 5.74) is -4.62. The van der Waals surface area contributed by atoms with Crippen LogP contribution in [0.2, 0.25) is 0 Å². The predicted molar refractivity (Wildman–Crippen MR) is 136 cm³/mol. The minimum atomic E-state index is -5.23. The van der Waals surface area contributed by atoms with Crippen LogP contribution in [0, 0.1) is 17.3 Å². The fraction of sp³-hybridized carbons (Fsp3) is 0.621. The molecule has 4 rings (SSSR count). The number of Topliss-reactive ketones (excluding diaryl/α,β-unsaturated/α-hetero) is 1. The number of ether oxygens (including phenoxy) is 1. The fourth-order valence-corrected chi connectivity index (χ4v) is 6.25. The van der Waals surface area contributed by atoms with Gasteiger partial charge in [-0.1, -0.05) is 40.5 Å². The van der Waals surface area contributed by atoms with E-state index in [0.29, 0.717) is 12.2 Å². The molecule has 1 N–H and O–H groups in total. The molecule has 0 bridgehead atoms. The molecule has 38 heavy (non-hydrogen) atoms. The maximum Gasteiger partial charge on any atom is 0.425 e. The average molecular weight is 535 g/mol. The van der Waals surface area contributed by atoms with Crippen molar-refractivity contribution >= 4 is 17.6 Å². The van der Waals surface area contributed by atoms with E-state index in [1.54, 1.807) is 0 Å². The number of alkyl halides is 3. The normalized spacial score (nSPS) is 29.5. The second kappa shape index (κ2) is 9.72. The first-order chi connectivity index (χ1) is 17.6. The maximum absolute atomic E-state index is 15.1. The van der Waals surface area contributed by atoms with Crippen molar-refractivity contribution in [2.45, 2.75) is 97.5 Å². The highest BCUT2D eigenvalue weighted by Gasteiger charge is 2.72. The van der Waals surface area contributed by atoms with Crippen molar-refractivity contribution in [3.63, 3.8) is 0 Å². The van der Waals surface area contributed by atoms with Crippen LogP contribution in [0.4, 0.5) is 13.2 Å². The van der Waals surface area contributed by atoms with Crippen LogP contribution >= 0.6 is 0 Å². The van der Waals surface area contributed by atoms with Crippen LogP contribution < -0.4 is 10.1 Å². The van der Waals surface area contributed by atoms with Gasteiger partial charge in [-0.05, 0) is 68.2 Å². The van der Waals surface area contributed by atoms with E-state index in [4.69, 9.17) is 4.74 Å². The van der Waals surface area contributed by atoms with Crippen molar-refractivity contribution in [3.8, 4) is 5.75 Å². The van der Waals surface area contributed by atoms with Crippen molar-refractivity contribution < 1.29 is 32.3 Å². The third-order valence-electron chi connectivity index (χ3n) is 8.27. The van der Waals surface area contributed by atoms with E-state index >= 15 is 13.2 Å². The van der Waals surface area contributed by atoms with Crippen LogP contribution in [-0.4, -0.2) is 46.4 Å². The van der Waals surface area contributed by atoms with E-state index in [1.807, 2.05) is 46.9 Å². The summed E-state index contributed by atoms with van der Waals surface area (Å²) in [4.78, 5) is 42.0. The molecular weight excluding hydrogens is 497 g/mol. The Hall–Kier alpha value is -2.84. The molecule has 0 unspecified atom stereocenters. The van der Waals surface area contributed by atoms with Gasteiger partial charge in [0, 0.05) is 23.7 Å². The third-order valence-corrected chi connectivity index (χ3v) is 8.27. The van der Waals surface area contributed by atoms with Gasteiger partial charge in [-0.3, -0.25) is 14.4 Å². The van der Waals surface area contributed by atoms with Crippen molar-refractivity contribution in [3.05, 3.63) is 41.1 Å². The Kier molecular flexibility index (Phi) is 7.21. The number of allylic oxidation sites excluding steroid dienone is 1. The Balaban J connectivity index is 1.82. The summed E-state index contributed by atoms with van der Waals surface area (Å²) in [6.07, 6.45) is -3.10. The van der Waals surface area contributed by atoms with Crippen LogP contribution in [0.3, 0.4) is 0 Å². The number of nitrogens with zero attached hydrogens (tertiary/aromatic N) is 1. The van der Waals surface area contributed by atoms with Crippen molar-refractivity contribution in [2.24, 2.45) is 17.3 Å². The largest absolute Gasteiger partial charge is 0.491 e. The molecule has 208 valence electrons. The zero-order valence-electron chi connectivity index (χ0n) is 22.9. The summed E-state index contributed by atoms with van der Waals surface area (Å²) >= 11 is 0. The lowest BCUT2D eigenvalue weighted by atomic mass is 9.72. The Morgan fingerprint density at radius 2 is 1.71 bits per heavy atom. The van der Waals surface area contributed by atoms with Crippen LogP contribution in [0.5, 0.6) is 5.75 Å². The minimum Gasteiger partial charge on any atom is -0.491 e. The second-order valence-corrected chi connectivity index (χ2v) is 12.2. The van der Waals surface area contributed by atoms with Gasteiger partial charge in [0.25, 0.3) is 11.8 Å². The zero-order valence-corrected chi connectivity index (χ0v) is 22.9. The Morgan fingerprint density at radius 3 is 2.29 bits per heavy atom. The molecule has 0 radical (unpaired) electrons. The summed E-state index contributed by atoms with van der Waals surface area (Å²) < 4.78 is 51.0. The number of hydrogen-bond acceptors (Lipinski definition) is 4. The zero-order chi connectivity index (χ0) is 28.2. The Bertz CT molecular complexity index is 1160. The first kappa shape index (κ1) is 28.2. The molecule has 0 spiro atoms. The van der Waals surface area contributed by atoms with E-state index in [0.717, 1.165) is 12.8 Å². The highest BCUT2D eigenvalue weighted by molar-refractivity contribution is 6.14. The second-order valence-electron chi connectivity index (χ2n) is 12.2. The van der Waals surface area contributed by atoms with Gasteiger partial charge >= 0.3 is 6.18 Å². The van der Waals surface area contributed by atoms with Crippen LogP contribution in [-0.2, 0) is 9.59 Å². The van der Waals surface area contributed by atoms with Gasteiger partial charge in [-0.2, -0.15) is 13.2 Å². The summed E-state index contributed by atoms with van der Waals surface area (Å²) in [5, 5.41) is 2.04. The van der Waals surface area contributed by atoms with Crippen molar-refractivity contribution in [2.75, 3.05) is 0 Å². The number of benzene rings is 1. The standard InChI is InChI=1S/C29H37F3N2O4/c1-16(2)38-20-12-10-19(11-13-20)25(36)33-28(29(30,31)32)24-22(14-27(5,6)15-23(24)35)34(26(28)37)21-9-7-8-17(3)18(21)4/h10-13,16-18,21H,7-9,14-15H2,1-6H3,(H,33,36)/t17-,18+,21+,28-/m0/s1. The first-order valence-corrected chi connectivity index (χ1v) is 13.4. The molecule has 2 amide bonds. The van der Waals surface area contributed by atoms with Gasteiger partial charge in [0.15, 0.2) is 5.78 Å². The molecule has 0 saturated heterocycles. The van der Waals surface area contributed by atoms with Gasteiger partial charge in [0.05, 0.1) is 11.7 Å². The molecule has 3 aliphatic rings. The smallest absolute Gasteiger partial charge is 0.425 e. The average Bonchev–Trinajstić information content (AvgIpc) is 3.03. The number of hydrogen-bond donors (Lipinski definition) is 1. The van der Waals surface area contributed by atoms with E-state index in [-0.39, 0.29) is 42.0 Å². The fourth-order valence-electron chi connectivity index (χ4n) is 6.25. The molecule has 9 heteroatoms. The highest BCUT2D eigenvalue weighted by Crippen LogP contribution is 2.54. The minimum absolute atomic E-state index is 0.0603. The van der Waals surface area contributed by atoms with E-state index < -0.39 is 46.3 Å². The highest BCUT2D eigenvalue weighted by atomic mass is 19.4. The molecule has 1 fully saturated rings. The molecule has 1 saturated carbocycles. The Morgan fingerprint density at radius 1 is 1.08 bits per heavy atom. The SMILES string of the molecule is CC(C)Oc1ccc(C(=O)N[C@]2(C(F)(F)F)C(=O)N([C@@H]3CCC[C@H](C)[C@H]3C)C3=C2C(=O)CC(C)(C)C3)cc1. The molecule has 1 heterocycles. The molecule has 1 aliphatic heterocycles. The van der Waals surface area contributed by atoms with Gasteiger partial charge in [-0.25, -0.2) is 0 Å². The van der Waals surface area contributed by atoms with Crippen molar-refractivity contribution in [1.82, 2.24) is 10.2 Å². The topological polar surface area (TPSA) is 75.7 Å². The van der Waals surface area contributed by atoms with E-state index in [2.05, 4.69) is 0 Å².